The molecule has 0 spiro atoms. The molecule has 0 radical (unpaired) electrons. The van der Waals surface area contributed by atoms with Crippen molar-refractivity contribution in [1.82, 2.24) is 4.90 Å². The Kier molecular flexibility index (Phi) is 5.89. The number of rotatable bonds is 2. The third kappa shape index (κ3) is 4.83. The number of benzene rings is 1. The number of aliphatic hydroxyl groups excluding tert-OH is 1. The second-order valence-electron chi connectivity index (χ2n) is 6.63. The van der Waals surface area contributed by atoms with Crippen molar-refractivity contribution < 1.29 is 19.4 Å². The van der Waals surface area contributed by atoms with E-state index in [0.29, 0.717) is 24.8 Å². The van der Waals surface area contributed by atoms with Gasteiger partial charge < -0.3 is 14.6 Å². The van der Waals surface area contributed by atoms with E-state index in [1.54, 1.807) is 17.0 Å². The van der Waals surface area contributed by atoms with Crippen LogP contribution in [0.2, 0.25) is 5.02 Å². The zero-order chi connectivity index (χ0) is 17.0. The lowest BCUT2D eigenvalue weighted by molar-refractivity contribution is 0.0119. The van der Waals surface area contributed by atoms with Gasteiger partial charge in [0.1, 0.15) is 5.60 Å². The lowest BCUT2D eigenvalue weighted by Gasteiger charge is -2.32. The molecule has 1 saturated heterocycles. The molecule has 1 aromatic carbocycles. The molecule has 1 amide bonds. The average molecular weight is 342 g/mol. The topological polar surface area (TPSA) is 59.0 Å². The molecule has 1 heterocycles. The molecule has 1 N–H and O–H groups in total. The van der Waals surface area contributed by atoms with Crippen molar-refractivity contribution in [2.75, 3.05) is 19.8 Å². The molecule has 1 aliphatic rings. The van der Waals surface area contributed by atoms with Crippen molar-refractivity contribution in [2.24, 2.45) is 0 Å². The molecule has 5 nitrogen and oxygen atoms in total. The van der Waals surface area contributed by atoms with E-state index in [1.807, 2.05) is 26.8 Å². The van der Waals surface area contributed by atoms with Gasteiger partial charge in [0.2, 0.25) is 0 Å². The summed E-state index contributed by atoms with van der Waals surface area (Å²) in [6, 6.07) is 4.99. The molecule has 1 unspecified atom stereocenters. The summed E-state index contributed by atoms with van der Waals surface area (Å²) in [5.74, 6) is 0. The highest BCUT2D eigenvalue weighted by Crippen LogP contribution is 2.31. The molecule has 1 aromatic rings. The van der Waals surface area contributed by atoms with E-state index in [4.69, 9.17) is 21.1 Å². The molecule has 1 atom stereocenters. The maximum absolute atomic E-state index is 12.6. The van der Waals surface area contributed by atoms with Crippen LogP contribution in [0.15, 0.2) is 18.2 Å². The highest BCUT2D eigenvalue weighted by Gasteiger charge is 2.32. The molecular weight excluding hydrogens is 318 g/mol. The Morgan fingerprint density at radius 1 is 1.48 bits per heavy atom. The summed E-state index contributed by atoms with van der Waals surface area (Å²) in [4.78, 5) is 14.2. The van der Waals surface area contributed by atoms with Crippen molar-refractivity contribution in [3.05, 3.63) is 34.3 Å². The van der Waals surface area contributed by atoms with Crippen molar-refractivity contribution in [3.63, 3.8) is 0 Å². The average Bonchev–Trinajstić information content (AvgIpc) is 2.71. The van der Waals surface area contributed by atoms with Crippen LogP contribution in [0.5, 0.6) is 0 Å². The number of amides is 1. The van der Waals surface area contributed by atoms with Crippen LogP contribution in [0, 0.1) is 0 Å². The summed E-state index contributed by atoms with van der Waals surface area (Å²) in [5.41, 5.74) is 0.953. The maximum Gasteiger partial charge on any atom is 0.410 e. The number of ether oxygens (including phenoxy) is 2. The van der Waals surface area contributed by atoms with E-state index in [1.165, 1.54) is 0 Å². The molecule has 6 heteroatoms. The number of carbonyl (C=O) groups excluding carboxylic acids is 1. The van der Waals surface area contributed by atoms with Gasteiger partial charge in [-0.25, -0.2) is 4.79 Å². The molecule has 2 rings (SSSR count). The number of nitrogens with zero attached hydrogens (tertiary/aromatic N) is 1. The van der Waals surface area contributed by atoms with Crippen molar-refractivity contribution in [3.8, 4) is 0 Å². The standard InChI is InChI=1S/C17H24ClNO4/c1-17(2,3)23-16(21)19-7-4-8-22-11-15(19)13-9-12(10-20)5-6-14(13)18/h5-6,9,15,20H,4,7-8,10-11H2,1-3H3. The van der Waals surface area contributed by atoms with Crippen molar-refractivity contribution >= 4 is 17.7 Å². The van der Waals surface area contributed by atoms with Gasteiger partial charge in [-0.1, -0.05) is 17.7 Å². The van der Waals surface area contributed by atoms with E-state index in [0.717, 1.165) is 17.5 Å². The number of halogens is 1. The lowest BCUT2D eigenvalue weighted by Crippen LogP contribution is -2.40. The Morgan fingerprint density at radius 3 is 2.87 bits per heavy atom. The number of aliphatic hydroxyl groups is 1. The van der Waals surface area contributed by atoms with Crippen LogP contribution in [0.4, 0.5) is 4.79 Å². The second-order valence-corrected chi connectivity index (χ2v) is 7.04. The van der Waals surface area contributed by atoms with E-state index < -0.39 is 5.60 Å². The zero-order valence-corrected chi connectivity index (χ0v) is 14.6. The van der Waals surface area contributed by atoms with Crippen LogP contribution in [0.3, 0.4) is 0 Å². The summed E-state index contributed by atoms with van der Waals surface area (Å²) >= 11 is 6.33. The smallest absolute Gasteiger partial charge is 0.410 e. The van der Waals surface area contributed by atoms with Crippen LogP contribution < -0.4 is 0 Å². The fourth-order valence-electron chi connectivity index (χ4n) is 2.52. The van der Waals surface area contributed by atoms with E-state index in [-0.39, 0.29) is 18.7 Å². The van der Waals surface area contributed by atoms with Crippen LogP contribution in [0.1, 0.15) is 44.4 Å². The summed E-state index contributed by atoms with van der Waals surface area (Å²) in [5, 5.41) is 9.90. The van der Waals surface area contributed by atoms with Crippen LogP contribution in [-0.2, 0) is 16.1 Å². The van der Waals surface area contributed by atoms with Crippen LogP contribution >= 0.6 is 11.6 Å². The normalized spacial score (nSPS) is 19.3. The third-order valence-electron chi connectivity index (χ3n) is 3.57. The first-order chi connectivity index (χ1) is 10.8. The van der Waals surface area contributed by atoms with Gasteiger partial charge in [0.15, 0.2) is 0 Å². The Bertz CT molecular complexity index is 556. The SMILES string of the molecule is CC(C)(C)OC(=O)N1CCCOCC1c1cc(CO)ccc1Cl. The van der Waals surface area contributed by atoms with E-state index >= 15 is 0 Å². The Labute approximate surface area is 142 Å². The fraction of sp³-hybridized carbons (Fsp3) is 0.588. The van der Waals surface area contributed by atoms with Crippen LogP contribution in [0.25, 0.3) is 0 Å². The minimum Gasteiger partial charge on any atom is -0.444 e. The highest BCUT2D eigenvalue weighted by atomic mass is 35.5. The van der Waals surface area contributed by atoms with Gasteiger partial charge in [-0.3, -0.25) is 4.90 Å². The summed E-state index contributed by atoms with van der Waals surface area (Å²) in [6.45, 7) is 6.93. The summed E-state index contributed by atoms with van der Waals surface area (Å²) in [6.07, 6.45) is 0.367. The van der Waals surface area contributed by atoms with Crippen LogP contribution in [-0.4, -0.2) is 41.5 Å². The Morgan fingerprint density at radius 2 is 2.22 bits per heavy atom. The minimum absolute atomic E-state index is 0.0792. The maximum atomic E-state index is 12.6. The van der Waals surface area contributed by atoms with Gasteiger partial charge >= 0.3 is 6.09 Å². The predicted molar refractivity (Wildman–Crippen MR) is 88.5 cm³/mol. The molecule has 0 aliphatic carbocycles. The van der Waals surface area contributed by atoms with E-state index in [9.17, 15) is 9.90 Å². The first kappa shape index (κ1) is 18.0. The van der Waals surface area contributed by atoms with Gasteiger partial charge in [0.25, 0.3) is 0 Å². The Balaban J connectivity index is 2.33. The molecule has 128 valence electrons. The number of hydrogen-bond donors (Lipinski definition) is 1. The first-order valence-corrected chi connectivity index (χ1v) is 8.16. The monoisotopic (exact) mass is 341 g/mol. The number of hydrogen-bond acceptors (Lipinski definition) is 4. The predicted octanol–water partition coefficient (Wildman–Crippen LogP) is 3.53. The van der Waals surface area contributed by atoms with E-state index in [2.05, 4.69) is 0 Å². The van der Waals surface area contributed by atoms with Gasteiger partial charge in [-0.15, -0.1) is 0 Å². The van der Waals surface area contributed by atoms with Crippen molar-refractivity contribution in [1.29, 1.82) is 0 Å². The molecule has 0 saturated carbocycles. The molecular formula is C17H24ClNO4. The quantitative estimate of drug-likeness (QED) is 0.894. The molecule has 1 aliphatic heterocycles. The van der Waals surface area contributed by atoms with Gasteiger partial charge in [-0.2, -0.15) is 0 Å². The highest BCUT2D eigenvalue weighted by molar-refractivity contribution is 6.31. The van der Waals surface area contributed by atoms with Gasteiger partial charge in [0, 0.05) is 18.2 Å². The lowest BCUT2D eigenvalue weighted by atomic mass is 10.0. The molecule has 0 aromatic heterocycles. The molecule has 1 fully saturated rings. The number of carbonyl (C=O) groups is 1. The van der Waals surface area contributed by atoms with Crippen molar-refractivity contribution in [2.45, 2.75) is 45.4 Å². The summed E-state index contributed by atoms with van der Waals surface area (Å²) < 4.78 is 11.1. The largest absolute Gasteiger partial charge is 0.444 e. The summed E-state index contributed by atoms with van der Waals surface area (Å²) in [7, 11) is 0. The van der Waals surface area contributed by atoms with Gasteiger partial charge in [-0.05, 0) is 50.5 Å². The fourth-order valence-corrected chi connectivity index (χ4v) is 2.76. The first-order valence-electron chi connectivity index (χ1n) is 7.78. The third-order valence-corrected chi connectivity index (χ3v) is 3.91. The second kappa shape index (κ2) is 7.51. The Hall–Kier alpha value is -1.30. The minimum atomic E-state index is -0.564. The molecule has 23 heavy (non-hydrogen) atoms. The zero-order valence-electron chi connectivity index (χ0n) is 13.8. The molecule has 0 bridgehead atoms. The van der Waals surface area contributed by atoms with Gasteiger partial charge in [0.05, 0.1) is 19.3 Å².